The van der Waals surface area contributed by atoms with Crippen molar-refractivity contribution in [3.05, 3.63) is 42.0 Å². The first-order valence-corrected chi connectivity index (χ1v) is 4.18. The van der Waals surface area contributed by atoms with E-state index in [1.54, 1.807) is 12.4 Å². The van der Waals surface area contributed by atoms with Crippen LogP contribution in [-0.2, 0) is 5.54 Å². The largest absolute Gasteiger partial charge is 0.340 e. The second-order valence-electron chi connectivity index (χ2n) is 3.22. The van der Waals surface area contributed by atoms with E-state index in [4.69, 9.17) is 10.3 Å². The fourth-order valence-corrected chi connectivity index (χ4v) is 1.24. The summed E-state index contributed by atoms with van der Waals surface area (Å²) in [5, 5.41) is 7.00. The van der Waals surface area contributed by atoms with Crippen LogP contribution in [0, 0.1) is 0 Å². The first-order chi connectivity index (χ1) is 6.71. The molecule has 0 spiro atoms. The molecule has 0 aliphatic heterocycles. The monoisotopic (exact) mass is 190 g/mol. The number of aromatic nitrogens is 3. The maximum absolute atomic E-state index is 6.10. The van der Waals surface area contributed by atoms with Gasteiger partial charge in [0.05, 0.1) is 6.20 Å². The minimum atomic E-state index is -0.716. The number of hydrogen-bond acceptors (Lipinski definition) is 5. The number of nitrogens with zero attached hydrogens (tertiary/aromatic N) is 3. The van der Waals surface area contributed by atoms with Crippen molar-refractivity contribution in [2.45, 2.75) is 12.5 Å². The van der Waals surface area contributed by atoms with Crippen molar-refractivity contribution in [1.29, 1.82) is 0 Å². The summed E-state index contributed by atoms with van der Waals surface area (Å²) in [6.07, 6.45) is 4.88. The Morgan fingerprint density at radius 2 is 2.07 bits per heavy atom. The number of nitrogens with two attached hydrogens (primary N) is 1. The predicted molar refractivity (Wildman–Crippen MR) is 49.2 cm³/mol. The molecule has 0 amide bonds. The molecule has 2 aromatic heterocycles. The third kappa shape index (κ3) is 1.38. The molecule has 2 heterocycles. The van der Waals surface area contributed by atoms with Crippen molar-refractivity contribution in [2.75, 3.05) is 0 Å². The van der Waals surface area contributed by atoms with Gasteiger partial charge in [0.15, 0.2) is 5.76 Å². The fraction of sp³-hybridized carbons (Fsp3) is 0.222. The normalized spacial score (nSPS) is 15.0. The van der Waals surface area contributed by atoms with Crippen LogP contribution in [0.5, 0.6) is 0 Å². The molecule has 0 fully saturated rings. The quantitative estimate of drug-likeness (QED) is 0.753. The molecule has 0 saturated carbocycles. The zero-order chi connectivity index (χ0) is 10.0. The topological polar surface area (TPSA) is 77.8 Å². The molecule has 14 heavy (non-hydrogen) atoms. The Labute approximate surface area is 80.9 Å². The van der Waals surface area contributed by atoms with Gasteiger partial charge >= 0.3 is 0 Å². The van der Waals surface area contributed by atoms with E-state index in [2.05, 4.69) is 15.4 Å². The Morgan fingerprint density at radius 1 is 1.36 bits per heavy atom. The highest BCUT2D eigenvalue weighted by molar-refractivity contribution is 5.28. The highest BCUT2D eigenvalue weighted by Crippen LogP contribution is 2.24. The summed E-state index contributed by atoms with van der Waals surface area (Å²) in [5.74, 6) is 0.531. The van der Waals surface area contributed by atoms with Crippen LogP contribution in [0.1, 0.15) is 18.2 Å². The molecule has 0 aromatic carbocycles. The Balaban J connectivity index is 2.43. The molecule has 0 radical (unpaired) electrons. The van der Waals surface area contributed by atoms with E-state index in [0.29, 0.717) is 5.76 Å². The van der Waals surface area contributed by atoms with Gasteiger partial charge in [0, 0.05) is 17.7 Å². The molecule has 2 aromatic rings. The van der Waals surface area contributed by atoms with Gasteiger partial charge in [0.1, 0.15) is 5.54 Å². The summed E-state index contributed by atoms with van der Waals surface area (Å²) in [5.41, 5.74) is 6.29. The lowest BCUT2D eigenvalue weighted by atomic mass is 9.92. The zero-order valence-electron chi connectivity index (χ0n) is 7.71. The Hall–Kier alpha value is -1.75. The molecule has 72 valence electrons. The summed E-state index contributed by atoms with van der Waals surface area (Å²) < 4.78 is 4.95. The molecule has 0 bridgehead atoms. The summed E-state index contributed by atoms with van der Waals surface area (Å²) in [7, 11) is 0. The van der Waals surface area contributed by atoms with Crippen molar-refractivity contribution in [3.8, 4) is 0 Å². The summed E-state index contributed by atoms with van der Waals surface area (Å²) >= 11 is 0. The molecule has 2 rings (SSSR count). The molecule has 0 saturated heterocycles. The third-order valence-corrected chi connectivity index (χ3v) is 2.15. The van der Waals surface area contributed by atoms with Gasteiger partial charge in [0.25, 0.3) is 0 Å². The van der Waals surface area contributed by atoms with Crippen molar-refractivity contribution in [3.63, 3.8) is 0 Å². The lowest BCUT2D eigenvalue weighted by molar-refractivity contribution is 0.320. The van der Waals surface area contributed by atoms with Gasteiger partial charge in [0.2, 0.25) is 0 Å². The summed E-state index contributed by atoms with van der Waals surface area (Å²) in [6.45, 7) is 1.84. The van der Waals surface area contributed by atoms with Crippen LogP contribution in [0.3, 0.4) is 0 Å². The molecule has 0 aliphatic rings. The molecular weight excluding hydrogens is 180 g/mol. The van der Waals surface area contributed by atoms with E-state index in [1.165, 1.54) is 6.20 Å². The molecule has 0 aliphatic carbocycles. The minimum absolute atomic E-state index is 0.531. The first-order valence-electron chi connectivity index (χ1n) is 4.18. The average Bonchev–Trinajstić information content (AvgIpc) is 2.72. The van der Waals surface area contributed by atoms with Crippen LogP contribution in [0.4, 0.5) is 0 Å². The maximum Gasteiger partial charge on any atom is 0.181 e. The highest BCUT2D eigenvalue weighted by atomic mass is 16.5. The van der Waals surface area contributed by atoms with E-state index in [-0.39, 0.29) is 0 Å². The summed E-state index contributed by atoms with van der Waals surface area (Å²) in [6, 6.07) is 3.67. The van der Waals surface area contributed by atoms with Crippen LogP contribution in [0.2, 0.25) is 0 Å². The number of pyridine rings is 1. The first kappa shape index (κ1) is 8.83. The number of rotatable bonds is 2. The van der Waals surface area contributed by atoms with E-state index < -0.39 is 5.54 Å². The highest BCUT2D eigenvalue weighted by Gasteiger charge is 2.27. The molecule has 1 atom stereocenters. The van der Waals surface area contributed by atoms with Crippen molar-refractivity contribution >= 4 is 0 Å². The smallest absolute Gasteiger partial charge is 0.181 e. The van der Waals surface area contributed by atoms with Crippen molar-refractivity contribution in [1.82, 2.24) is 15.4 Å². The summed E-state index contributed by atoms with van der Waals surface area (Å²) in [4.78, 5) is 3.92. The third-order valence-electron chi connectivity index (χ3n) is 2.15. The van der Waals surface area contributed by atoms with Gasteiger partial charge in [-0.15, -0.1) is 5.10 Å². The second kappa shape index (κ2) is 3.19. The van der Waals surface area contributed by atoms with Gasteiger partial charge in [-0.2, -0.15) is 0 Å². The van der Waals surface area contributed by atoms with Gasteiger partial charge in [-0.25, -0.2) is 0 Å². The SMILES string of the molecule is CC(N)(c1ccncc1)c1cnno1. The molecule has 1 unspecified atom stereocenters. The van der Waals surface area contributed by atoms with Crippen LogP contribution in [0.25, 0.3) is 0 Å². The lowest BCUT2D eigenvalue weighted by Crippen LogP contribution is -2.33. The average molecular weight is 190 g/mol. The van der Waals surface area contributed by atoms with Crippen LogP contribution in [-0.4, -0.2) is 15.4 Å². The van der Waals surface area contributed by atoms with Gasteiger partial charge in [-0.05, 0) is 24.6 Å². The van der Waals surface area contributed by atoms with E-state index in [9.17, 15) is 0 Å². The maximum atomic E-state index is 6.10. The van der Waals surface area contributed by atoms with E-state index >= 15 is 0 Å². The Kier molecular flexibility index (Phi) is 2.01. The Morgan fingerprint density at radius 3 is 2.64 bits per heavy atom. The van der Waals surface area contributed by atoms with Crippen LogP contribution < -0.4 is 5.73 Å². The molecule has 5 nitrogen and oxygen atoms in total. The zero-order valence-corrected chi connectivity index (χ0v) is 7.71. The van der Waals surface area contributed by atoms with Gasteiger partial charge < -0.3 is 10.3 Å². The molecule has 5 heteroatoms. The minimum Gasteiger partial charge on any atom is -0.340 e. The Bertz CT molecular complexity index is 396. The molecular formula is C9H10N4O. The number of hydrogen-bond donors (Lipinski definition) is 1. The van der Waals surface area contributed by atoms with E-state index in [1.807, 2.05) is 19.1 Å². The van der Waals surface area contributed by atoms with Crippen LogP contribution in [0.15, 0.2) is 35.2 Å². The van der Waals surface area contributed by atoms with Crippen molar-refractivity contribution in [2.24, 2.45) is 5.73 Å². The van der Waals surface area contributed by atoms with Crippen molar-refractivity contribution < 1.29 is 4.52 Å². The lowest BCUT2D eigenvalue weighted by Gasteiger charge is -2.20. The van der Waals surface area contributed by atoms with Crippen LogP contribution >= 0.6 is 0 Å². The predicted octanol–water partition coefficient (Wildman–Crippen LogP) is 0.687. The van der Waals surface area contributed by atoms with Gasteiger partial charge in [-0.1, -0.05) is 0 Å². The fourth-order valence-electron chi connectivity index (χ4n) is 1.24. The molecule has 2 N–H and O–H groups in total. The standard InChI is InChI=1S/C9H10N4O/c1-9(10,8-6-12-13-14-8)7-2-4-11-5-3-7/h2-6H,10H2,1H3. The second-order valence-corrected chi connectivity index (χ2v) is 3.22. The van der Waals surface area contributed by atoms with E-state index in [0.717, 1.165) is 5.56 Å². The van der Waals surface area contributed by atoms with Gasteiger partial charge in [-0.3, -0.25) is 4.98 Å².